The van der Waals surface area contributed by atoms with Gasteiger partial charge in [0.15, 0.2) is 0 Å². The lowest BCUT2D eigenvalue weighted by Crippen LogP contribution is -2.46. The topological polar surface area (TPSA) is 41.6 Å². The van der Waals surface area contributed by atoms with Crippen molar-refractivity contribution in [1.29, 1.82) is 0 Å². The zero-order chi connectivity index (χ0) is 16.7. The molecule has 23 heavy (non-hydrogen) atoms. The fourth-order valence-electron chi connectivity index (χ4n) is 2.73. The fraction of sp³-hybridized carbons (Fsp3) is 0.588. The molecular weight excluding hydrogens is 332 g/mol. The summed E-state index contributed by atoms with van der Waals surface area (Å²) in [4.78, 5) is 15.3. The van der Waals surface area contributed by atoms with E-state index in [1.807, 2.05) is 24.3 Å². The molecule has 0 aliphatic carbocycles. The van der Waals surface area contributed by atoms with Crippen LogP contribution >= 0.6 is 23.4 Å². The molecule has 2 atom stereocenters. The van der Waals surface area contributed by atoms with Crippen molar-refractivity contribution in [2.45, 2.75) is 37.4 Å². The van der Waals surface area contributed by atoms with Gasteiger partial charge < -0.3 is 10.1 Å². The van der Waals surface area contributed by atoms with Gasteiger partial charge in [0.25, 0.3) is 0 Å². The van der Waals surface area contributed by atoms with Crippen LogP contribution < -0.4 is 5.32 Å². The van der Waals surface area contributed by atoms with Crippen molar-refractivity contribution in [2.24, 2.45) is 0 Å². The van der Waals surface area contributed by atoms with Crippen LogP contribution in [0.25, 0.3) is 0 Å². The maximum Gasteiger partial charge on any atom is 0.230 e. The quantitative estimate of drug-likeness (QED) is 0.602. The van der Waals surface area contributed by atoms with Gasteiger partial charge in [0.1, 0.15) is 0 Å². The average molecular weight is 357 g/mol. The minimum Gasteiger partial charge on any atom is -0.373 e. The second-order valence-corrected chi connectivity index (χ2v) is 7.45. The lowest BCUT2D eigenvalue weighted by Gasteiger charge is -2.35. The molecule has 1 heterocycles. The number of hydrogen-bond donors (Lipinski definition) is 1. The van der Waals surface area contributed by atoms with Gasteiger partial charge in [0, 0.05) is 36.1 Å². The second-order valence-electron chi connectivity index (χ2n) is 5.96. The van der Waals surface area contributed by atoms with Gasteiger partial charge in [-0.3, -0.25) is 9.69 Å². The predicted molar refractivity (Wildman–Crippen MR) is 96.3 cm³/mol. The molecule has 1 N–H and O–H groups in total. The molecular formula is C17H25ClN2O2S. The third kappa shape index (κ3) is 7.12. The number of halogens is 1. The molecule has 128 valence electrons. The molecule has 0 saturated carbocycles. The van der Waals surface area contributed by atoms with E-state index in [0.29, 0.717) is 23.0 Å². The van der Waals surface area contributed by atoms with Gasteiger partial charge in [-0.1, -0.05) is 11.6 Å². The number of morpholine rings is 1. The van der Waals surface area contributed by atoms with Crippen LogP contribution in [0.3, 0.4) is 0 Å². The van der Waals surface area contributed by atoms with Gasteiger partial charge in [-0.2, -0.15) is 0 Å². The molecule has 1 aliphatic rings. The molecule has 0 spiro atoms. The Balaban J connectivity index is 1.57. The summed E-state index contributed by atoms with van der Waals surface area (Å²) in [6, 6.07) is 7.54. The predicted octanol–water partition coefficient (Wildman–Crippen LogP) is 3.05. The zero-order valence-corrected chi connectivity index (χ0v) is 15.3. The van der Waals surface area contributed by atoms with Gasteiger partial charge in [0.05, 0.1) is 18.0 Å². The molecule has 1 saturated heterocycles. The van der Waals surface area contributed by atoms with E-state index in [0.717, 1.165) is 37.5 Å². The summed E-state index contributed by atoms with van der Waals surface area (Å²) < 4.78 is 5.72. The fourth-order valence-corrected chi connectivity index (χ4v) is 3.58. The van der Waals surface area contributed by atoms with E-state index in [1.54, 1.807) is 0 Å². The largest absolute Gasteiger partial charge is 0.373 e. The van der Waals surface area contributed by atoms with E-state index >= 15 is 0 Å². The Labute approximate surface area is 147 Å². The number of carbonyl (C=O) groups is 1. The first-order valence-electron chi connectivity index (χ1n) is 8.06. The van der Waals surface area contributed by atoms with Crippen LogP contribution in [-0.4, -0.2) is 54.9 Å². The summed E-state index contributed by atoms with van der Waals surface area (Å²) in [5, 5.41) is 3.70. The molecule has 0 bridgehead atoms. The van der Waals surface area contributed by atoms with Crippen LogP contribution in [0.15, 0.2) is 29.2 Å². The number of amides is 1. The normalized spacial score (nSPS) is 22.0. The summed E-state index contributed by atoms with van der Waals surface area (Å²) in [6.45, 7) is 7.90. The molecule has 6 heteroatoms. The van der Waals surface area contributed by atoms with Crippen molar-refractivity contribution in [2.75, 3.05) is 31.9 Å². The summed E-state index contributed by atoms with van der Waals surface area (Å²) >= 11 is 7.37. The molecule has 1 fully saturated rings. The van der Waals surface area contributed by atoms with Gasteiger partial charge in [-0.25, -0.2) is 0 Å². The van der Waals surface area contributed by atoms with Crippen LogP contribution in [0.1, 0.15) is 20.3 Å². The van der Waals surface area contributed by atoms with Crippen molar-refractivity contribution in [3.63, 3.8) is 0 Å². The Kier molecular flexibility index (Phi) is 7.70. The van der Waals surface area contributed by atoms with E-state index in [9.17, 15) is 4.79 Å². The molecule has 1 aromatic rings. The highest BCUT2D eigenvalue weighted by atomic mass is 35.5. The molecule has 1 aliphatic heterocycles. The average Bonchev–Trinajstić information content (AvgIpc) is 2.50. The number of benzene rings is 1. The molecule has 2 rings (SSSR count). The molecule has 1 amide bonds. The van der Waals surface area contributed by atoms with Crippen molar-refractivity contribution in [3.05, 3.63) is 29.3 Å². The smallest absolute Gasteiger partial charge is 0.230 e. The summed E-state index contributed by atoms with van der Waals surface area (Å²) in [5.41, 5.74) is 0. The number of rotatable bonds is 7. The molecule has 0 radical (unpaired) electrons. The zero-order valence-electron chi connectivity index (χ0n) is 13.8. The van der Waals surface area contributed by atoms with Crippen LogP contribution in [0, 0.1) is 0 Å². The van der Waals surface area contributed by atoms with Crippen molar-refractivity contribution in [1.82, 2.24) is 10.2 Å². The monoisotopic (exact) mass is 356 g/mol. The number of thioether (sulfide) groups is 1. The highest BCUT2D eigenvalue weighted by Gasteiger charge is 2.21. The number of nitrogens with zero attached hydrogens (tertiary/aromatic N) is 1. The van der Waals surface area contributed by atoms with Crippen LogP contribution in [0.5, 0.6) is 0 Å². The number of nitrogens with one attached hydrogen (secondary N) is 1. The first-order valence-corrected chi connectivity index (χ1v) is 9.42. The number of hydrogen-bond acceptors (Lipinski definition) is 4. The maximum atomic E-state index is 11.8. The Bertz CT molecular complexity index is 488. The third-order valence-corrected chi connectivity index (χ3v) is 4.92. The first-order chi connectivity index (χ1) is 11.0. The number of carbonyl (C=O) groups excluding carboxylic acids is 1. The molecule has 0 aromatic heterocycles. The summed E-state index contributed by atoms with van der Waals surface area (Å²) in [6.07, 6.45) is 1.56. The van der Waals surface area contributed by atoms with Gasteiger partial charge in [-0.05, 0) is 44.5 Å². The highest BCUT2D eigenvalue weighted by molar-refractivity contribution is 8.00. The highest BCUT2D eigenvalue weighted by Crippen LogP contribution is 2.19. The molecule has 1 aromatic carbocycles. The van der Waals surface area contributed by atoms with Crippen LogP contribution in [-0.2, 0) is 9.53 Å². The van der Waals surface area contributed by atoms with Gasteiger partial charge in [0.2, 0.25) is 5.91 Å². The van der Waals surface area contributed by atoms with E-state index in [1.165, 1.54) is 11.8 Å². The summed E-state index contributed by atoms with van der Waals surface area (Å²) in [5.74, 6) is 0.515. The van der Waals surface area contributed by atoms with E-state index in [2.05, 4.69) is 24.1 Å². The summed E-state index contributed by atoms with van der Waals surface area (Å²) in [7, 11) is 0. The second kappa shape index (κ2) is 9.52. The van der Waals surface area contributed by atoms with Crippen LogP contribution in [0.4, 0.5) is 0 Å². The Morgan fingerprint density at radius 3 is 2.61 bits per heavy atom. The number of ether oxygens (including phenoxy) is 1. The third-order valence-electron chi connectivity index (χ3n) is 3.65. The van der Waals surface area contributed by atoms with Crippen molar-refractivity contribution in [3.8, 4) is 0 Å². The Hall–Kier alpha value is -0.750. The molecule has 4 nitrogen and oxygen atoms in total. The SMILES string of the molecule is CC1CN(CCCNC(=O)CSc2ccc(Cl)cc2)CC(C)O1. The Morgan fingerprint density at radius 1 is 1.30 bits per heavy atom. The van der Waals surface area contributed by atoms with Gasteiger partial charge >= 0.3 is 0 Å². The first kappa shape index (κ1) is 18.6. The minimum absolute atomic E-state index is 0.0775. The molecule has 2 unspecified atom stereocenters. The van der Waals surface area contributed by atoms with E-state index in [-0.39, 0.29) is 5.91 Å². The maximum absolute atomic E-state index is 11.8. The van der Waals surface area contributed by atoms with Crippen LogP contribution in [0.2, 0.25) is 5.02 Å². The standard InChI is InChI=1S/C17H25ClN2O2S/c1-13-10-20(11-14(2)22-13)9-3-8-19-17(21)12-23-16-6-4-15(18)5-7-16/h4-7,13-14H,3,8-12H2,1-2H3,(H,19,21). The minimum atomic E-state index is 0.0775. The van der Waals surface area contributed by atoms with Crippen molar-refractivity contribution >= 4 is 29.3 Å². The van der Waals surface area contributed by atoms with E-state index < -0.39 is 0 Å². The van der Waals surface area contributed by atoms with E-state index in [4.69, 9.17) is 16.3 Å². The van der Waals surface area contributed by atoms with Gasteiger partial charge in [-0.15, -0.1) is 11.8 Å². The Morgan fingerprint density at radius 2 is 1.96 bits per heavy atom. The lowest BCUT2D eigenvalue weighted by atomic mass is 10.2. The van der Waals surface area contributed by atoms with Crippen molar-refractivity contribution < 1.29 is 9.53 Å². The lowest BCUT2D eigenvalue weighted by molar-refractivity contribution is -0.118.